The van der Waals surface area contributed by atoms with E-state index in [0.29, 0.717) is 5.82 Å². The fourth-order valence-corrected chi connectivity index (χ4v) is 3.05. The molecule has 1 aromatic rings. The van der Waals surface area contributed by atoms with Gasteiger partial charge in [0.05, 0.1) is 4.90 Å². The van der Waals surface area contributed by atoms with Crippen LogP contribution in [0.4, 0.5) is 10.8 Å². The summed E-state index contributed by atoms with van der Waals surface area (Å²) in [4.78, 5) is 1.09. The van der Waals surface area contributed by atoms with Crippen LogP contribution >= 0.6 is 23.3 Å². The molecule has 3 N–H and O–H groups in total. The monoisotopic (exact) mass is 259 g/mol. The molecule has 1 aromatic heterocycles. The maximum Gasteiger partial charge on any atom is 0.153 e. The largest absolute Gasteiger partial charge is 0.382 e. The molecule has 0 aromatic carbocycles. The second kappa shape index (κ2) is 7.01. The highest BCUT2D eigenvalue weighted by molar-refractivity contribution is 7.99. The lowest BCUT2D eigenvalue weighted by molar-refractivity contribution is 0.545. The van der Waals surface area contributed by atoms with Gasteiger partial charge in [-0.05, 0) is 30.1 Å². The van der Waals surface area contributed by atoms with Crippen molar-refractivity contribution in [3.8, 4) is 0 Å². The molecule has 0 spiro atoms. The smallest absolute Gasteiger partial charge is 0.153 e. The molecule has 16 heavy (non-hydrogen) atoms. The van der Waals surface area contributed by atoms with Crippen molar-refractivity contribution in [3.63, 3.8) is 0 Å². The van der Waals surface area contributed by atoms with Crippen molar-refractivity contribution >= 4 is 34.1 Å². The number of hydrogen-bond acceptors (Lipinski definition) is 5. The SMILES string of the molecule is CSc1c(N)nsc1NCCCCC(C)C. The van der Waals surface area contributed by atoms with Gasteiger partial charge in [0.2, 0.25) is 0 Å². The fraction of sp³-hybridized carbons (Fsp3) is 0.727. The van der Waals surface area contributed by atoms with Crippen LogP contribution in [-0.2, 0) is 0 Å². The van der Waals surface area contributed by atoms with Gasteiger partial charge in [0.25, 0.3) is 0 Å². The van der Waals surface area contributed by atoms with Gasteiger partial charge in [-0.3, -0.25) is 0 Å². The summed E-state index contributed by atoms with van der Waals surface area (Å²) < 4.78 is 4.15. The van der Waals surface area contributed by atoms with E-state index in [9.17, 15) is 0 Å². The highest BCUT2D eigenvalue weighted by atomic mass is 32.2. The van der Waals surface area contributed by atoms with Gasteiger partial charge in [-0.25, -0.2) is 0 Å². The predicted molar refractivity (Wildman–Crippen MR) is 75.5 cm³/mol. The number of nitrogens with zero attached hydrogens (tertiary/aromatic N) is 1. The molecule has 1 rings (SSSR count). The molecule has 1 heterocycles. The topological polar surface area (TPSA) is 50.9 Å². The number of nitrogens with two attached hydrogens (primary N) is 1. The quantitative estimate of drug-likeness (QED) is 0.579. The fourth-order valence-electron chi connectivity index (χ4n) is 1.48. The van der Waals surface area contributed by atoms with E-state index in [2.05, 4.69) is 23.5 Å². The molecular formula is C11H21N3S2. The third kappa shape index (κ3) is 4.22. The van der Waals surface area contributed by atoms with Crippen LogP contribution in [0.1, 0.15) is 33.1 Å². The minimum absolute atomic E-state index is 0.655. The first-order valence-electron chi connectivity index (χ1n) is 5.68. The van der Waals surface area contributed by atoms with E-state index in [-0.39, 0.29) is 0 Å². The maximum atomic E-state index is 5.76. The molecule has 3 nitrogen and oxygen atoms in total. The highest BCUT2D eigenvalue weighted by Crippen LogP contribution is 2.34. The Labute approximate surface area is 106 Å². The summed E-state index contributed by atoms with van der Waals surface area (Å²) in [6.45, 7) is 5.55. The van der Waals surface area contributed by atoms with E-state index in [4.69, 9.17) is 5.73 Å². The van der Waals surface area contributed by atoms with Crippen LogP contribution < -0.4 is 11.1 Å². The number of aromatic nitrogens is 1. The molecule has 0 aliphatic rings. The Balaban J connectivity index is 2.26. The van der Waals surface area contributed by atoms with E-state index in [1.165, 1.54) is 30.8 Å². The van der Waals surface area contributed by atoms with Gasteiger partial charge in [-0.1, -0.05) is 26.7 Å². The van der Waals surface area contributed by atoms with Crippen LogP contribution in [0.2, 0.25) is 0 Å². The Morgan fingerprint density at radius 2 is 2.19 bits per heavy atom. The molecule has 0 unspecified atom stereocenters. The van der Waals surface area contributed by atoms with Crippen molar-refractivity contribution in [1.29, 1.82) is 0 Å². The van der Waals surface area contributed by atoms with Crippen molar-refractivity contribution in [2.24, 2.45) is 5.92 Å². The summed E-state index contributed by atoms with van der Waals surface area (Å²) >= 11 is 3.12. The highest BCUT2D eigenvalue weighted by Gasteiger charge is 2.09. The average molecular weight is 259 g/mol. The molecule has 5 heteroatoms. The van der Waals surface area contributed by atoms with Crippen molar-refractivity contribution in [2.75, 3.05) is 23.9 Å². The number of nitrogen functional groups attached to an aromatic ring is 1. The molecule has 0 saturated heterocycles. The minimum Gasteiger partial charge on any atom is -0.382 e. The molecule has 0 bridgehead atoms. The average Bonchev–Trinajstić information content (AvgIpc) is 2.58. The standard InChI is InChI=1S/C11H21N3S2/c1-8(2)6-4-5-7-13-11-9(15-3)10(12)14-16-11/h8,13H,4-7H2,1-3H3,(H2,12,14). The first-order valence-corrected chi connectivity index (χ1v) is 7.68. The Hall–Kier alpha value is -0.420. The number of thioether (sulfide) groups is 1. The molecule has 0 radical (unpaired) electrons. The zero-order valence-corrected chi connectivity index (χ0v) is 11.9. The van der Waals surface area contributed by atoms with E-state index >= 15 is 0 Å². The maximum absolute atomic E-state index is 5.76. The Kier molecular flexibility index (Phi) is 5.98. The van der Waals surface area contributed by atoms with Crippen LogP contribution in [-0.4, -0.2) is 17.2 Å². The van der Waals surface area contributed by atoms with E-state index in [1.54, 1.807) is 11.8 Å². The van der Waals surface area contributed by atoms with Crippen LogP contribution in [0.25, 0.3) is 0 Å². The van der Waals surface area contributed by atoms with Gasteiger partial charge in [-0.2, -0.15) is 4.37 Å². The Morgan fingerprint density at radius 3 is 2.81 bits per heavy atom. The summed E-state index contributed by atoms with van der Waals surface area (Å²) in [5.74, 6) is 1.46. The number of rotatable bonds is 7. The van der Waals surface area contributed by atoms with Crippen molar-refractivity contribution < 1.29 is 0 Å². The minimum atomic E-state index is 0.655. The molecule has 0 atom stereocenters. The molecule has 0 fully saturated rings. The zero-order valence-electron chi connectivity index (χ0n) is 10.2. The van der Waals surface area contributed by atoms with Crippen LogP contribution in [0.15, 0.2) is 4.90 Å². The van der Waals surface area contributed by atoms with E-state index < -0.39 is 0 Å². The van der Waals surface area contributed by atoms with Gasteiger partial charge in [0.1, 0.15) is 5.00 Å². The first kappa shape index (κ1) is 13.6. The first-order chi connectivity index (χ1) is 7.65. The number of nitrogens with one attached hydrogen (secondary N) is 1. The van der Waals surface area contributed by atoms with E-state index in [1.807, 2.05) is 6.26 Å². The molecule has 0 amide bonds. The zero-order chi connectivity index (χ0) is 12.0. The normalized spacial score (nSPS) is 11.0. The summed E-state index contributed by atoms with van der Waals surface area (Å²) in [6, 6.07) is 0. The molecule has 0 saturated carbocycles. The van der Waals surface area contributed by atoms with Gasteiger partial charge >= 0.3 is 0 Å². The van der Waals surface area contributed by atoms with Gasteiger partial charge in [-0.15, -0.1) is 11.8 Å². The van der Waals surface area contributed by atoms with Crippen LogP contribution in [0.5, 0.6) is 0 Å². The second-order valence-corrected chi connectivity index (χ2v) is 5.84. The second-order valence-electron chi connectivity index (χ2n) is 4.25. The summed E-state index contributed by atoms with van der Waals surface area (Å²) in [5.41, 5.74) is 5.76. The van der Waals surface area contributed by atoms with Crippen LogP contribution in [0.3, 0.4) is 0 Å². The predicted octanol–water partition coefficient (Wildman–Crippen LogP) is 3.69. The Morgan fingerprint density at radius 1 is 1.44 bits per heavy atom. The van der Waals surface area contributed by atoms with Gasteiger partial charge < -0.3 is 11.1 Å². The molecule has 92 valence electrons. The molecule has 0 aliphatic carbocycles. The van der Waals surface area contributed by atoms with Crippen molar-refractivity contribution in [3.05, 3.63) is 0 Å². The summed E-state index contributed by atoms with van der Waals surface area (Å²) in [6.07, 6.45) is 5.84. The third-order valence-corrected chi connectivity index (χ3v) is 4.14. The number of hydrogen-bond donors (Lipinski definition) is 2. The van der Waals surface area contributed by atoms with Crippen LogP contribution in [0, 0.1) is 5.92 Å². The van der Waals surface area contributed by atoms with Gasteiger partial charge in [0.15, 0.2) is 5.82 Å². The lowest BCUT2D eigenvalue weighted by Crippen LogP contribution is -2.01. The van der Waals surface area contributed by atoms with E-state index in [0.717, 1.165) is 22.4 Å². The molecule has 0 aliphatic heterocycles. The summed E-state index contributed by atoms with van der Waals surface area (Å²) in [7, 11) is 0. The number of anilines is 2. The number of unbranched alkanes of at least 4 members (excludes halogenated alkanes) is 1. The lowest BCUT2D eigenvalue weighted by Gasteiger charge is -2.06. The summed E-state index contributed by atoms with van der Waals surface area (Å²) in [5, 5.41) is 4.53. The molecular weight excluding hydrogens is 238 g/mol. The van der Waals surface area contributed by atoms with Gasteiger partial charge in [0, 0.05) is 6.54 Å². The lowest BCUT2D eigenvalue weighted by atomic mass is 10.1. The third-order valence-electron chi connectivity index (χ3n) is 2.37. The van der Waals surface area contributed by atoms with Crippen molar-refractivity contribution in [2.45, 2.75) is 38.0 Å². The van der Waals surface area contributed by atoms with Crippen molar-refractivity contribution in [1.82, 2.24) is 4.37 Å². The Bertz CT molecular complexity index is 310.